The van der Waals surface area contributed by atoms with Crippen LogP contribution in [0.1, 0.15) is 0 Å². The van der Waals surface area contributed by atoms with Crippen molar-refractivity contribution in [2.24, 2.45) is 0 Å². The summed E-state index contributed by atoms with van der Waals surface area (Å²) in [6, 6.07) is 6.66. The number of benzene rings is 1. The van der Waals surface area contributed by atoms with Crippen molar-refractivity contribution in [2.45, 2.75) is 4.90 Å². The Balaban J connectivity index is 2.84. The van der Waals surface area contributed by atoms with Crippen molar-refractivity contribution in [1.82, 2.24) is 9.21 Å². The molecule has 0 aliphatic rings. The Bertz CT molecular complexity index is 457. The molecule has 1 rings (SSSR count). The number of hydrogen-bond acceptors (Lipinski definition) is 3. The standard InChI is InChI=1S/C11H17BrN2O2S/c1-13(2)8-9-14(3)17(15,16)11-6-4-10(12)5-7-11/h4-7H,8-9H2,1-3H3. The second kappa shape index (κ2) is 5.95. The fourth-order valence-electron chi connectivity index (χ4n) is 1.25. The molecule has 0 saturated carbocycles. The minimum Gasteiger partial charge on any atom is -0.308 e. The van der Waals surface area contributed by atoms with Gasteiger partial charge in [0.2, 0.25) is 10.0 Å². The van der Waals surface area contributed by atoms with Gasteiger partial charge in [-0.15, -0.1) is 0 Å². The third-order valence-corrected chi connectivity index (χ3v) is 4.78. The molecule has 0 heterocycles. The quantitative estimate of drug-likeness (QED) is 0.828. The smallest absolute Gasteiger partial charge is 0.242 e. The molecule has 6 heteroatoms. The van der Waals surface area contributed by atoms with E-state index in [2.05, 4.69) is 15.9 Å². The fourth-order valence-corrected chi connectivity index (χ4v) is 2.67. The summed E-state index contributed by atoms with van der Waals surface area (Å²) in [5.41, 5.74) is 0. The molecule has 4 nitrogen and oxygen atoms in total. The summed E-state index contributed by atoms with van der Waals surface area (Å²) in [6.45, 7) is 1.18. The van der Waals surface area contributed by atoms with Crippen molar-refractivity contribution in [2.75, 3.05) is 34.2 Å². The maximum Gasteiger partial charge on any atom is 0.242 e. The number of rotatable bonds is 5. The van der Waals surface area contributed by atoms with E-state index in [0.29, 0.717) is 18.0 Å². The highest BCUT2D eigenvalue weighted by molar-refractivity contribution is 9.10. The van der Waals surface area contributed by atoms with Gasteiger partial charge in [-0.1, -0.05) is 15.9 Å². The first-order valence-corrected chi connectivity index (χ1v) is 7.44. The first-order valence-electron chi connectivity index (χ1n) is 5.20. The largest absolute Gasteiger partial charge is 0.308 e. The third-order valence-electron chi connectivity index (χ3n) is 2.38. The van der Waals surface area contributed by atoms with Crippen LogP contribution in [0.3, 0.4) is 0 Å². The van der Waals surface area contributed by atoms with Crippen LogP contribution in [-0.4, -0.2) is 51.9 Å². The Hall–Kier alpha value is -0.430. The van der Waals surface area contributed by atoms with Gasteiger partial charge in [-0.25, -0.2) is 8.42 Å². The molecule has 1 aromatic carbocycles. The lowest BCUT2D eigenvalue weighted by Gasteiger charge is -2.19. The zero-order chi connectivity index (χ0) is 13.1. The van der Waals surface area contributed by atoms with Gasteiger partial charge in [-0.2, -0.15) is 4.31 Å². The van der Waals surface area contributed by atoms with Crippen LogP contribution in [0.4, 0.5) is 0 Å². The Morgan fingerprint density at radius 1 is 1.06 bits per heavy atom. The highest BCUT2D eigenvalue weighted by atomic mass is 79.9. The summed E-state index contributed by atoms with van der Waals surface area (Å²) in [4.78, 5) is 2.27. The van der Waals surface area contributed by atoms with Gasteiger partial charge >= 0.3 is 0 Å². The van der Waals surface area contributed by atoms with E-state index in [-0.39, 0.29) is 0 Å². The zero-order valence-corrected chi connectivity index (χ0v) is 12.6. The minimum absolute atomic E-state index is 0.321. The van der Waals surface area contributed by atoms with Gasteiger partial charge in [0.15, 0.2) is 0 Å². The van der Waals surface area contributed by atoms with Crippen molar-refractivity contribution in [3.05, 3.63) is 28.7 Å². The van der Waals surface area contributed by atoms with Gasteiger partial charge in [0, 0.05) is 24.6 Å². The van der Waals surface area contributed by atoms with Crippen molar-refractivity contribution in [3.63, 3.8) is 0 Å². The SMILES string of the molecule is CN(C)CCN(C)S(=O)(=O)c1ccc(Br)cc1. The van der Waals surface area contributed by atoms with Crippen LogP contribution in [0.25, 0.3) is 0 Å². The summed E-state index contributed by atoms with van der Waals surface area (Å²) in [7, 11) is 2.07. The third kappa shape index (κ3) is 4.06. The lowest BCUT2D eigenvalue weighted by molar-refractivity contribution is 0.358. The highest BCUT2D eigenvalue weighted by Crippen LogP contribution is 2.17. The Morgan fingerprint density at radius 2 is 1.59 bits per heavy atom. The Kier molecular flexibility index (Phi) is 5.12. The molecule has 0 atom stereocenters. The van der Waals surface area contributed by atoms with E-state index in [1.807, 2.05) is 19.0 Å². The molecule has 96 valence electrons. The Labute approximate surface area is 111 Å². The predicted molar refractivity (Wildman–Crippen MR) is 72.5 cm³/mol. The fraction of sp³-hybridized carbons (Fsp3) is 0.455. The number of likely N-dealkylation sites (N-methyl/N-ethyl adjacent to an activating group) is 2. The monoisotopic (exact) mass is 320 g/mol. The van der Waals surface area contributed by atoms with Gasteiger partial charge < -0.3 is 4.90 Å². The molecule has 0 aliphatic carbocycles. The molecular weight excluding hydrogens is 304 g/mol. The van der Waals surface area contributed by atoms with Crippen LogP contribution in [0.2, 0.25) is 0 Å². The Morgan fingerprint density at radius 3 is 2.06 bits per heavy atom. The molecule has 0 bridgehead atoms. The summed E-state index contributed by atoms with van der Waals surface area (Å²) < 4.78 is 26.5. The summed E-state index contributed by atoms with van der Waals surface area (Å²) in [5, 5.41) is 0. The van der Waals surface area contributed by atoms with Gasteiger partial charge in [-0.05, 0) is 38.4 Å². The number of nitrogens with zero attached hydrogens (tertiary/aromatic N) is 2. The number of halogens is 1. The van der Waals surface area contributed by atoms with Crippen LogP contribution < -0.4 is 0 Å². The zero-order valence-electron chi connectivity index (χ0n) is 10.2. The van der Waals surface area contributed by atoms with Crippen LogP contribution in [0.5, 0.6) is 0 Å². The predicted octanol–water partition coefficient (Wildman–Crippen LogP) is 1.63. The maximum atomic E-state index is 12.1. The first-order chi connectivity index (χ1) is 7.84. The molecule has 1 aromatic rings. The summed E-state index contributed by atoms with van der Waals surface area (Å²) in [6.07, 6.45) is 0. The minimum atomic E-state index is -3.37. The van der Waals surface area contributed by atoms with Crippen molar-refractivity contribution >= 4 is 26.0 Å². The van der Waals surface area contributed by atoms with Crippen LogP contribution in [0, 0.1) is 0 Å². The highest BCUT2D eigenvalue weighted by Gasteiger charge is 2.20. The van der Waals surface area contributed by atoms with Gasteiger partial charge in [0.05, 0.1) is 4.90 Å². The average Bonchev–Trinajstić information content (AvgIpc) is 2.26. The summed E-state index contributed by atoms with van der Waals surface area (Å²) >= 11 is 3.28. The van der Waals surface area contributed by atoms with E-state index >= 15 is 0 Å². The van der Waals surface area contributed by atoms with Gasteiger partial charge in [-0.3, -0.25) is 0 Å². The number of sulfonamides is 1. The molecule has 0 aromatic heterocycles. The molecule has 0 amide bonds. The maximum absolute atomic E-state index is 12.1. The van der Waals surface area contributed by atoms with Crippen molar-refractivity contribution < 1.29 is 8.42 Å². The van der Waals surface area contributed by atoms with Crippen LogP contribution in [0.15, 0.2) is 33.6 Å². The lowest BCUT2D eigenvalue weighted by Crippen LogP contribution is -2.33. The van der Waals surface area contributed by atoms with E-state index in [0.717, 1.165) is 4.47 Å². The topological polar surface area (TPSA) is 40.6 Å². The van der Waals surface area contributed by atoms with E-state index in [1.165, 1.54) is 4.31 Å². The lowest BCUT2D eigenvalue weighted by atomic mass is 10.4. The molecule has 0 radical (unpaired) electrons. The second-order valence-corrected chi connectivity index (χ2v) is 7.04. The molecule has 0 N–H and O–H groups in total. The normalized spacial score (nSPS) is 12.4. The van der Waals surface area contributed by atoms with E-state index in [4.69, 9.17) is 0 Å². The molecule has 0 fully saturated rings. The first kappa shape index (κ1) is 14.6. The molecule has 0 unspecified atom stereocenters. The average molecular weight is 321 g/mol. The van der Waals surface area contributed by atoms with E-state index in [1.54, 1.807) is 31.3 Å². The van der Waals surface area contributed by atoms with E-state index < -0.39 is 10.0 Å². The number of hydrogen-bond donors (Lipinski definition) is 0. The van der Waals surface area contributed by atoms with Gasteiger partial charge in [0.25, 0.3) is 0 Å². The van der Waals surface area contributed by atoms with Crippen LogP contribution >= 0.6 is 15.9 Å². The van der Waals surface area contributed by atoms with Crippen molar-refractivity contribution in [3.8, 4) is 0 Å². The molecule has 17 heavy (non-hydrogen) atoms. The molecule has 0 aliphatic heterocycles. The van der Waals surface area contributed by atoms with Crippen molar-refractivity contribution in [1.29, 1.82) is 0 Å². The molecule has 0 spiro atoms. The molecule has 0 saturated heterocycles. The van der Waals surface area contributed by atoms with E-state index in [9.17, 15) is 8.42 Å². The summed E-state index contributed by atoms with van der Waals surface area (Å²) in [5.74, 6) is 0. The van der Waals surface area contributed by atoms with Gasteiger partial charge in [0.1, 0.15) is 0 Å². The second-order valence-electron chi connectivity index (χ2n) is 4.08. The molecular formula is C11H17BrN2O2S. The van der Waals surface area contributed by atoms with Crippen LogP contribution in [-0.2, 0) is 10.0 Å².